The van der Waals surface area contributed by atoms with E-state index in [9.17, 15) is 9.59 Å². The van der Waals surface area contributed by atoms with Gasteiger partial charge in [-0.25, -0.2) is 0 Å². The molecular formula is C19H24N2O2S. The van der Waals surface area contributed by atoms with Crippen LogP contribution in [0.4, 0.5) is 0 Å². The van der Waals surface area contributed by atoms with Gasteiger partial charge in [0, 0.05) is 13.1 Å². The van der Waals surface area contributed by atoms with E-state index >= 15 is 0 Å². The Kier molecular flexibility index (Phi) is 5.61. The van der Waals surface area contributed by atoms with Crippen molar-refractivity contribution in [1.82, 2.24) is 9.80 Å². The van der Waals surface area contributed by atoms with Crippen molar-refractivity contribution < 1.29 is 9.59 Å². The number of hydrogen-bond donors (Lipinski definition) is 0. The Bertz CT molecular complexity index is 624. The summed E-state index contributed by atoms with van der Waals surface area (Å²) in [5.74, 6) is 0.437. The number of benzene rings is 1. The molecule has 1 saturated carbocycles. The Morgan fingerprint density at radius 2 is 1.92 bits per heavy atom. The fraction of sp³-hybridized carbons (Fsp3) is 0.474. The summed E-state index contributed by atoms with van der Waals surface area (Å²) in [6.07, 6.45) is 5.80. The molecule has 1 aromatic rings. The zero-order valence-corrected chi connectivity index (χ0v) is 14.9. The standard InChI is InChI=1S/C19H24N2O2S/c1-20(16-10-6-3-7-11-16)18(22)12-21-17(13-24-14-19(21)23)15-8-4-2-5-9-15/h2,4-5,8-9,13,16H,3,6-7,10-12,14H2,1H3. The van der Waals surface area contributed by atoms with E-state index in [1.807, 2.05) is 47.7 Å². The molecule has 128 valence electrons. The molecule has 2 aliphatic rings. The van der Waals surface area contributed by atoms with E-state index in [0.717, 1.165) is 24.1 Å². The first kappa shape index (κ1) is 17.1. The van der Waals surface area contributed by atoms with Crippen molar-refractivity contribution in [2.24, 2.45) is 0 Å². The van der Waals surface area contributed by atoms with E-state index in [-0.39, 0.29) is 18.4 Å². The maximum absolute atomic E-state index is 12.7. The number of carbonyl (C=O) groups is 2. The van der Waals surface area contributed by atoms with Gasteiger partial charge < -0.3 is 9.80 Å². The Balaban J connectivity index is 1.73. The van der Waals surface area contributed by atoms with Crippen LogP contribution in [0.5, 0.6) is 0 Å². The summed E-state index contributed by atoms with van der Waals surface area (Å²) in [7, 11) is 1.88. The molecule has 0 spiro atoms. The monoisotopic (exact) mass is 344 g/mol. The van der Waals surface area contributed by atoms with Gasteiger partial charge in [0.05, 0.1) is 11.4 Å². The molecule has 1 fully saturated rings. The molecule has 0 N–H and O–H groups in total. The van der Waals surface area contributed by atoms with Crippen molar-refractivity contribution >= 4 is 29.3 Å². The van der Waals surface area contributed by atoms with Gasteiger partial charge >= 0.3 is 0 Å². The van der Waals surface area contributed by atoms with Crippen molar-refractivity contribution in [3.05, 3.63) is 41.3 Å². The number of thioether (sulfide) groups is 1. The van der Waals surface area contributed by atoms with Crippen molar-refractivity contribution in [2.75, 3.05) is 19.3 Å². The maximum atomic E-state index is 12.7. The molecule has 0 atom stereocenters. The predicted octanol–water partition coefficient (Wildman–Crippen LogP) is 3.35. The molecule has 1 aromatic carbocycles. The average Bonchev–Trinajstić information content (AvgIpc) is 2.64. The average molecular weight is 344 g/mol. The van der Waals surface area contributed by atoms with Crippen LogP contribution in [0.25, 0.3) is 5.70 Å². The highest BCUT2D eigenvalue weighted by Gasteiger charge is 2.29. The molecule has 0 unspecified atom stereocenters. The fourth-order valence-electron chi connectivity index (χ4n) is 3.39. The van der Waals surface area contributed by atoms with E-state index in [2.05, 4.69) is 0 Å². The Morgan fingerprint density at radius 1 is 1.21 bits per heavy atom. The molecule has 0 aromatic heterocycles. The Morgan fingerprint density at radius 3 is 2.62 bits per heavy atom. The SMILES string of the molecule is CN(C(=O)CN1C(=O)CSC=C1c1ccccc1)C1CCCCC1. The first-order chi connectivity index (χ1) is 11.7. The van der Waals surface area contributed by atoms with Crippen LogP contribution < -0.4 is 0 Å². The molecule has 1 aliphatic heterocycles. The van der Waals surface area contributed by atoms with Gasteiger partial charge in [0.1, 0.15) is 6.54 Å². The predicted molar refractivity (Wildman–Crippen MR) is 98.2 cm³/mol. The summed E-state index contributed by atoms with van der Waals surface area (Å²) in [5.41, 5.74) is 1.81. The van der Waals surface area contributed by atoms with E-state index in [4.69, 9.17) is 0 Å². The van der Waals surface area contributed by atoms with E-state index in [1.165, 1.54) is 31.0 Å². The molecular weight excluding hydrogens is 320 g/mol. The molecule has 3 rings (SSSR count). The molecule has 1 heterocycles. The van der Waals surface area contributed by atoms with Crippen molar-refractivity contribution in [1.29, 1.82) is 0 Å². The summed E-state index contributed by atoms with van der Waals surface area (Å²) in [6.45, 7) is 0.132. The van der Waals surface area contributed by atoms with Crippen molar-refractivity contribution in [2.45, 2.75) is 38.1 Å². The number of nitrogens with zero attached hydrogens (tertiary/aromatic N) is 2. The molecule has 5 heteroatoms. The zero-order chi connectivity index (χ0) is 16.9. The maximum Gasteiger partial charge on any atom is 0.242 e. The van der Waals surface area contributed by atoms with E-state index in [1.54, 1.807) is 4.90 Å². The Labute approximate surface area is 147 Å². The minimum Gasteiger partial charge on any atom is -0.341 e. The highest BCUT2D eigenvalue weighted by atomic mass is 32.2. The number of hydrogen-bond acceptors (Lipinski definition) is 3. The Hall–Kier alpha value is -1.75. The lowest BCUT2D eigenvalue weighted by molar-refractivity contribution is -0.137. The van der Waals surface area contributed by atoms with Crippen LogP contribution in [-0.4, -0.2) is 47.0 Å². The highest BCUT2D eigenvalue weighted by Crippen LogP contribution is 2.28. The van der Waals surface area contributed by atoms with Gasteiger partial charge in [-0.1, -0.05) is 49.6 Å². The van der Waals surface area contributed by atoms with Crippen LogP contribution in [0, 0.1) is 0 Å². The van der Waals surface area contributed by atoms with Gasteiger partial charge in [0.2, 0.25) is 11.8 Å². The molecule has 4 nitrogen and oxygen atoms in total. The van der Waals surface area contributed by atoms with Gasteiger partial charge in [0.15, 0.2) is 0 Å². The van der Waals surface area contributed by atoms with Gasteiger partial charge in [-0.2, -0.15) is 0 Å². The number of likely N-dealkylation sites (N-methyl/N-ethyl adjacent to an activating group) is 1. The minimum atomic E-state index is 0.00625. The lowest BCUT2D eigenvalue weighted by Gasteiger charge is -2.34. The molecule has 0 bridgehead atoms. The number of rotatable bonds is 4. The third kappa shape index (κ3) is 3.83. The van der Waals surface area contributed by atoms with Gasteiger partial charge in [0.25, 0.3) is 0 Å². The second-order valence-electron chi connectivity index (χ2n) is 6.46. The summed E-state index contributed by atoms with van der Waals surface area (Å²) < 4.78 is 0. The third-order valence-corrected chi connectivity index (χ3v) is 5.68. The number of amides is 2. The van der Waals surface area contributed by atoms with Crippen LogP contribution in [0.2, 0.25) is 0 Å². The van der Waals surface area contributed by atoms with Crippen LogP contribution in [0.3, 0.4) is 0 Å². The molecule has 2 amide bonds. The molecule has 1 aliphatic carbocycles. The third-order valence-electron chi connectivity index (χ3n) is 4.87. The van der Waals surface area contributed by atoms with Gasteiger partial charge in [-0.3, -0.25) is 9.59 Å². The fourth-order valence-corrected chi connectivity index (χ4v) is 4.20. The highest BCUT2D eigenvalue weighted by molar-refractivity contribution is 8.03. The first-order valence-corrected chi connectivity index (χ1v) is 9.65. The minimum absolute atomic E-state index is 0.00625. The van der Waals surface area contributed by atoms with E-state index < -0.39 is 0 Å². The smallest absolute Gasteiger partial charge is 0.242 e. The lowest BCUT2D eigenvalue weighted by Crippen LogP contribution is -2.46. The molecule has 0 radical (unpaired) electrons. The lowest BCUT2D eigenvalue weighted by atomic mass is 9.94. The summed E-state index contributed by atoms with van der Waals surface area (Å²) in [4.78, 5) is 28.6. The van der Waals surface area contributed by atoms with Crippen molar-refractivity contribution in [3.63, 3.8) is 0 Å². The molecule has 0 saturated heterocycles. The van der Waals surface area contributed by atoms with Crippen LogP contribution in [0.1, 0.15) is 37.7 Å². The largest absolute Gasteiger partial charge is 0.341 e. The van der Waals surface area contributed by atoms with Crippen LogP contribution in [-0.2, 0) is 9.59 Å². The second-order valence-corrected chi connectivity index (χ2v) is 7.31. The quantitative estimate of drug-likeness (QED) is 0.841. The van der Waals surface area contributed by atoms with E-state index in [0.29, 0.717) is 11.8 Å². The topological polar surface area (TPSA) is 40.6 Å². The van der Waals surface area contributed by atoms with Crippen molar-refractivity contribution in [3.8, 4) is 0 Å². The zero-order valence-electron chi connectivity index (χ0n) is 14.1. The normalized spacial score (nSPS) is 19.1. The van der Waals surface area contributed by atoms with Gasteiger partial charge in [-0.05, 0) is 23.8 Å². The van der Waals surface area contributed by atoms with Gasteiger partial charge in [-0.15, -0.1) is 11.8 Å². The summed E-state index contributed by atoms with van der Waals surface area (Å²) >= 11 is 1.50. The molecule has 24 heavy (non-hydrogen) atoms. The van der Waals surface area contributed by atoms with Crippen LogP contribution in [0.15, 0.2) is 35.7 Å². The second kappa shape index (κ2) is 7.88. The number of carbonyl (C=O) groups excluding carboxylic acids is 2. The first-order valence-electron chi connectivity index (χ1n) is 8.60. The van der Waals surface area contributed by atoms with Crippen LogP contribution >= 0.6 is 11.8 Å². The summed E-state index contributed by atoms with van der Waals surface area (Å²) in [6, 6.07) is 10.1. The summed E-state index contributed by atoms with van der Waals surface area (Å²) in [5, 5.41) is 1.99.